The Kier molecular flexibility index (Phi) is 4.81. The van der Waals surface area contributed by atoms with Gasteiger partial charge in [0.1, 0.15) is 0 Å². The Hall–Kier alpha value is -2.08. The first-order valence-corrected chi connectivity index (χ1v) is 8.23. The number of nitrogens with zero attached hydrogens (tertiary/aromatic N) is 1. The van der Waals surface area contributed by atoms with Gasteiger partial charge < -0.3 is 20.6 Å². The van der Waals surface area contributed by atoms with E-state index in [1.54, 1.807) is 0 Å². The van der Waals surface area contributed by atoms with E-state index in [9.17, 15) is 14.7 Å². The molecule has 2 atom stereocenters. The molecule has 1 fully saturated rings. The number of hydrogen-bond acceptors (Lipinski definition) is 3. The molecule has 1 heterocycles. The van der Waals surface area contributed by atoms with Gasteiger partial charge in [-0.25, -0.2) is 4.79 Å². The molecule has 6 nitrogen and oxygen atoms in total. The number of urea groups is 1. The highest BCUT2D eigenvalue weighted by molar-refractivity contribution is 5.78. The molecule has 1 aromatic carbocycles. The van der Waals surface area contributed by atoms with Gasteiger partial charge in [-0.2, -0.15) is 0 Å². The van der Waals surface area contributed by atoms with Crippen molar-refractivity contribution in [2.75, 3.05) is 19.6 Å². The Morgan fingerprint density at radius 2 is 2.17 bits per heavy atom. The third-order valence-electron chi connectivity index (χ3n) is 4.55. The standard InChI is InChI=1S/C17H23N3O3/c21-14-11-12-5-1-2-6-13(12)16(14)19-17(23)18-8-4-10-20-9-3-7-15(20)22/h1-2,5-6,14,16,21H,3-4,7-11H2,(H2,18,19,23)/t14-,16+/m0/s1. The van der Waals surface area contributed by atoms with Crippen LogP contribution < -0.4 is 10.6 Å². The first-order chi connectivity index (χ1) is 11.1. The monoisotopic (exact) mass is 317 g/mol. The fourth-order valence-corrected chi connectivity index (χ4v) is 3.35. The van der Waals surface area contributed by atoms with Crippen molar-refractivity contribution in [2.24, 2.45) is 0 Å². The quantitative estimate of drug-likeness (QED) is 0.707. The summed E-state index contributed by atoms with van der Waals surface area (Å²) in [7, 11) is 0. The zero-order chi connectivity index (χ0) is 16.2. The van der Waals surface area contributed by atoms with Gasteiger partial charge in [0.25, 0.3) is 0 Å². The van der Waals surface area contributed by atoms with Crippen LogP contribution in [0.4, 0.5) is 4.79 Å². The fraction of sp³-hybridized carbons (Fsp3) is 0.529. The summed E-state index contributed by atoms with van der Waals surface area (Å²) in [6.07, 6.45) is 2.31. The van der Waals surface area contributed by atoms with Crippen LogP contribution in [-0.4, -0.2) is 47.7 Å². The summed E-state index contributed by atoms with van der Waals surface area (Å²) >= 11 is 0. The molecule has 6 heteroatoms. The SMILES string of the molecule is O=C(NCCCN1CCCC1=O)N[C@@H]1c2ccccc2C[C@@H]1O. The average molecular weight is 317 g/mol. The average Bonchev–Trinajstić information content (AvgIpc) is 3.08. The molecule has 1 aliphatic heterocycles. The lowest BCUT2D eigenvalue weighted by atomic mass is 10.1. The van der Waals surface area contributed by atoms with Crippen LogP contribution in [0.25, 0.3) is 0 Å². The molecule has 0 bridgehead atoms. The van der Waals surface area contributed by atoms with E-state index in [0.29, 0.717) is 25.9 Å². The first-order valence-electron chi connectivity index (χ1n) is 8.23. The van der Waals surface area contributed by atoms with Gasteiger partial charge >= 0.3 is 6.03 Å². The minimum absolute atomic E-state index is 0.208. The van der Waals surface area contributed by atoms with Gasteiger partial charge in [0.2, 0.25) is 5.91 Å². The van der Waals surface area contributed by atoms with Crippen LogP contribution in [-0.2, 0) is 11.2 Å². The first kappa shape index (κ1) is 15.8. The van der Waals surface area contributed by atoms with E-state index in [0.717, 1.165) is 30.5 Å². The van der Waals surface area contributed by atoms with Crippen LogP contribution in [0.2, 0.25) is 0 Å². The lowest BCUT2D eigenvalue weighted by Gasteiger charge is -2.19. The molecule has 1 aromatic rings. The third-order valence-corrected chi connectivity index (χ3v) is 4.55. The molecule has 3 N–H and O–H groups in total. The molecule has 1 saturated heterocycles. The largest absolute Gasteiger partial charge is 0.390 e. The summed E-state index contributed by atoms with van der Waals surface area (Å²) < 4.78 is 0. The number of fused-ring (bicyclic) bond motifs is 1. The molecular weight excluding hydrogens is 294 g/mol. The maximum Gasteiger partial charge on any atom is 0.315 e. The number of carbonyl (C=O) groups is 2. The molecule has 3 rings (SSSR count). The summed E-state index contributed by atoms with van der Waals surface area (Å²) in [5, 5.41) is 15.8. The molecule has 3 amide bonds. The maximum absolute atomic E-state index is 12.0. The Labute approximate surface area is 135 Å². The number of nitrogens with one attached hydrogen (secondary N) is 2. The summed E-state index contributed by atoms with van der Waals surface area (Å²) in [5.74, 6) is 0.208. The van der Waals surface area contributed by atoms with Crippen LogP contribution in [0, 0.1) is 0 Å². The zero-order valence-electron chi connectivity index (χ0n) is 13.1. The second-order valence-corrected chi connectivity index (χ2v) is 6.19. The third kappa shape index (κ3) is 3.64. The molecule has 1 aliphatic carbocycles. The van der Waals surface area contributed by atoms with Crippen molar-refractivity contribution >= 4 is 11.9 Å². The fourth-order valence-electron chi connectivity index (χ4n) is 3.35. The van der Waals surface area contributed by atoms with Gasteiger partial charge in [0, 0.05) is 32.5 Å². The summed E-state index contributed by atoms with van der Waals surface area (Å²) in [5.41, 5.74) is 2.07. The number of carbonyl (C=O) groups excluding carboxylic acids is 2. The minimum Gasteiger partial charge on any atom is -0.390 e. The number of hydrogen-bond donors (Lipinski definition) is 3. The molecule has 2 aliphatic rings. The molecule has 0 aromatic heterocycles. The van der Waals surface area contributed by atoms with E-state index >= 15 is 0 Å². The predicted octanol–water partition coefficient (Wildman–Crippen LogP) is 0.956. The summed E-state index contributed by atoms with van der Waals surface area (Å²) in [6, 6.07) is 7.13. The summed E-state index contributed by atoms with van der Waals surface area (Å²) in [4.78, 5) is 25.3. The van der Waals surface area contributed by atoms with Crippen molar-refractivity contribution in [1.29, 1.82) is 0 Å². The predicted molar refractivity (Wildman–Crippen MR) is 85.9 cm³/mol. The lowest BCUT2D eigenvalue weighted by molar-refractivity contribution is -0.127. The number of aliphatic hydroxyl groups is 1. The van der Waals surface area contributed by atoms with E-state index in [1.165, 1.54) is 0 Å². The Balaban J connectivity index is 1.42. The molecule has 124 valence electrons. The number of benzene rings is 1. The highest BCUT2D eigenvalue weighted by Gasteiger charge is 2.31. The van der Waals surface area contributed by atoms with Crippen molar-refractivity contribution in [3.8, 4) is 0 Å². The van der Waals surface area contributed by atoms with E-state index in [1.807, 2.05) is 29.2 Å². The number of amides is 3. The summed E-state index contributed by atoms with van der Waals surface area (Å²) in [6.45, 7) is 2.03. The second-order valence-electron chi connectivity index (χ2n) is 6.19. The Morgan fingerprint density at radius 3 is 2.96 bits per heavy atom. The van der Waals surface area contributed by atoms with Crippen LogP contribution in [0.3, 0.4) is 0 Å². The number of aliphatic hydroxyl groups excluding tert-OH is 1. The van der Waals surface area contributed by atoms with E-state index in [4.69, 9.17) is 0 Å². The van der Waals surface area contributed by atoms with Crippen LogP contribution in [0.5, 0.6) is 0 Å². The van der Waals surface area contributed by atoms with Crippen molar-refractivity contribution in [2.45, 2.75) is 37.8 Å². The molecule has 0 radical (unpaired) electrons. The molecular formula is C17H23N3O3. The zero-order valence-corrected chi connectivity index (χ0v) is 13.1. The van der Waals surface area contributed by atoms with E-state index in [-0.39, 0.29) is 18.0 Å². The topological polar surface area (TPSA) is 81.7 Å². The lowest BCUT2D eigenvalue weighted by Crippen LogP contribution is -2.41. The van der Waals surface area contributed by atoms with Gasteiger partial charge in [-0.1, -0.05) is 24.3 Å². The normalized spacial score (nSPS) is 23.0. The highest BCUT2D eigenvalue weighted by Crippen LogP contribution is 2.30. The van der Waals surface area contributed by atoms with E-state index in [2.05, 4.69) is 10.6 Å². The van der Waals surface area contributed by atoms with Gasteiger partial charge in [-0.05, 0) is 24.0 Å². The van der Waals surface area contributed by atoms with Crippen LogP contribution in [0.1, 0.15) is 36.4 Å². The maximum atomic E-state index is 12.0. The number of likely N-dealkylation sites (tertiary alicyclic amines) is 1. The van der Waals surface area contributed by atoms with Crippen molar-refractivity contribution in [3.05, 3.63) is 35.4 Å². The van der Waals surface area contributed by atoms with Gasteiger partial charge in [0.15, 0.2) is 0 Å². The van der Waals surface area contributed by atoms with Crippen molar-refractivity contribution < 1.29 is 14.7 Å². The van der Waals surface area contributed by atoms with Gasteiger partial charge in [-0.15, -0.1) is 0 Å². The Bertz CT molecular complexity index is 590. The van der Waals surface area contributed by atoms with Gasteiger partial charge in [0.05, 0.1) is 12.1 Å². The smallest absolute Gasteiger partial charge is 0.315 e. The molecule has 23 heavy (non-hydrogen) atoms. The molecule has 0 saturated carbocycles. The number of rotatable bonds is 5. The Morgan fingerprint density at radius 1 is 1.35 bits per heavy atom. The van der Waals surface area contributed by atoms with Crippen molar-refractivity contribution in [3.63, 3.8) is 0 Å². The highest BCUT2D eigenvalue weighted by atomic mass is 16.3. The molecule has 0 spiro atoms. The van der Waals surface area contributed by atoms with Crippen molar-refractivity contribution in [1.82, 2.24) is 15.5 Å². The van der Waals surface area contributed by atoms with Gasteiger partial charge in [-0.3, -0.25) is 4.79 Å². The molecule has 0 unspecified atom stereocenters. The van der Waals surface area contributed by atoms with E-state index < -0.39 is 6.10 Å². The van der Waals surface area contributed by atoms with Crippen LogP contribution >= 0.6 is 0 Å². The van der Waals surface area contributed by atoms with Crippen LogP contribution in [0.15, 0.2) is 24.3 Å². The minimum atomic E-state index is -0.583. The second kappa shape index (κ2) is 7.00.